The Morgan fingerprint density at radius 2 is 2.50 bits per heavy atom. The van der Waals surface area contributed by atoms with E-state index >= 15 is 0 Å². The number of nitrogen functional groups attached to an aromatic ring is 1. The lowest BCUT2D eigenvalue weighted by molar-refractivity contribution is 0.101. The van der Waals surface area contributed by atoms with E-state index in [4.69, 9.17) is 5.73 Å². The molecule has 0 unspecified atom stereocenters. The molecule has 0 radical (unpaired) electrons. The Labute approximate surface area is 92.5 Å². The van der Waals surface area contributed by atoms with Crippen molar-refractivity contribution in [3.63, 3.8) is 0 Å². The second kappa shape index (κ2) is 4.09. The molecular weight excluding hydrogens is 206 g/mol. The topological polar surface area (TPSA) is 88.7 Å². The zero-order valence-electron chi connectivity index (χ0n) is 8.90. The first-order chi connectivity index (χ1) is 7.70. The summed E-state index contributed by atoms with van der Waals surface area (Å²) in [6.07, 6.45) is 4.95. The number of H-pyrrole nitrogens is 1. The predicted molar refractivity (Wildman–Crippen MR) is 61.1 cm³/mol. The summed E-state index contributed by atoms with van der Waals surface area (Å²) in [5.41, 5.74) is 6.74. The van der Waals surface area contributed by atoms with Crippen molar-refractivity contribution in [2.75, 3.05) is 11.1 Å². The molecule has 6 nitrogen and oxygen atoms in total. The van der Waals surface area contributed by atoms with Crippen LogP contribution in [0.25, 0.3) is 0 Å². The zero-order valence-corrected chi connectivity index (χ0v) is 8.90. The average Bonchev–Trinajstić information content (AvgIpc) is 2.86. The Balaban J connectivity index is 2.20. The van der Waals surface area contributed by atoms with E-state index in [9.17, 15) is 4.79 Å². The van der Waals surface area contributed by atoms with Crippen LogP contribution >= 0.6 is 0 Å². The highest BCUT2D eigenvalue weighted by molar-refractivity contribution is 6.02. The highest BCUT2D eigenvalue weighted by atomic mass is 16.2. The number of nitrogens with zero attached hydrogens (tertiary/aromatic N) is 2. The minimum absolute atomic E-state index is 0.228. The summed E-state index contributed by atoms with van der Waals surface area (Å²) in [4.78, 5) is 18.6. The standard InChI is InChI=1S/C10H13N5O/c1-2-15-6-7(11)5-8(15)9(16)14-10-12-3-4-13-10/h3-6H,2,11H2,1H3,(H2,12,13,14,16). The lowest BCUT2D eigenvalue weighted by Crippen LogP contribution is -2.17. The molecule has 84 valence electrons. The van der Waals surface area contributed by atoms with Crippen molar-refractivity contribution in [1.29, 1.82) is 0 Å². The third kappa shape index (κ3) is 1.90. The first kappa shape index (κ1) is 10.3. The maximum absolute atomic E-state index is 11.9. The van der Waals surface area contributed by atoms with Crippen LogP contribution in [-0.2, 0) is 6.54 Å². The molecule has 0 saturated heterocycles. The summed E-state index contributed by atoms with van der Waals surface area (Å²) in [5.74, 6) is 0.195. The Kier molecular flexibility index (Phi) is 2.63. The zero-order chi connectivity index (χ0) is 11.5. The summed E-state index contributed by atoms with van der Waals surface area (Å²) < 4.78 is 1.79. The molecule has 0 atom stereocenters. The summed E-state index contributed by atoms with van der Waals surface area (Å²) in [7, 11) is 0. The van der Waals surface area contributed by atoms with E-state index in [2.05, 4.69) is 15.3 Å². The first-order valence-corrected chi connectivity index (χ1v) is 4.97. The number of aryl methyl sites for hydroxylation is 1. The van der Waals surface area contributed by atoms with Gasteiger partial charge in [0.15, 0.2) is 0 Å². The van der Waals surface area contributed by atoms with Crippen molar-refractivity contribution in [3.05, 3.63) is 30.4 Å². The van der Waals surface area contributed by atoms with Gasteiger partial charge in [-0.1, -0.05) is 0 Å². The molecule has 0 bridgehead atoms. The first-order valence-electron chi connectivity index (χ1n) is 4.97. The number of amides is 1. The van der Waals surface area contributed by atoms with Crippen LogP contribution in [0.3, 0.4) is 0 Å². The number of nitrogens with two attached hydrogens (primary N) is 1. The summed E-state index contributed by atoms with van der Waals surface area (Å²) in [6.45, 7) is 2.64. The van der Waals surface area contributed by atoms with Crippen molar-refractivity contribution >= 4 is 17.5 Å². The van der Waals surface area contributed by atoms with Gasteiger partial charge in [-0.15, -0.1) is 0 Å². The van der Waals surface area contributed by atoms with Gasteiger partial charge in [-0.25, -0.2) is 4.98 Å². The maximum atomic E-state index is 11.9. The van der Waals surface area contributed by atoms with E-state index < -0.39 is 0 Å². The number of aromatic amines is 1. The van der Waals surface area contributed by atoms with Gasteiger partial charge in [-0.05, 0) is 13.0 Å². The Morgan fingerprint density at radius 1 is 1.69 bits per heavy atom. The second-order valence-corrected chi connectivity index (χ2v) is 3.34. The van der Waals surface area contributed by atoms with Gasteiger partial charge in [-0.3, -0.25) is 10.1 Å². The van der Waals surface area contributed by atoms with Crippen LogP contribution in [0.5, 0.6) is 0 Å². The van der Waals surface area contributed by atoms with Crippen molar-refractivity contribution in [2.45, 2.75) is 13.5 Å². The number of rotatable bonds is 3. The van der Waals surface area contributed by atoms with Crippen LogP contribution in [0.1, 0.15) is 17.4 Å². The molecule has 0 spiro atoms. The van der Waals surface area contributed by atoms with Crippen LogP contribution < -0.4 is 11.1 Å². The summed E-state index contributed by atoms with van der Waals surface area (Å²) in [5, 5.41) is 2.64. The molecule has 0 aliphatic carbocycles. The molecule has 16 heavy (non-hydrogen) atoms. The van der Waals surface area contributed by atoms with Crippen LogP contribution in [0.2, 0.25) is 0 Å². The predicted octanol–water partition coefficient (Wildman–Crippen LogP) is 1.07. The molecular formula is C10H13N5O. The molecule has 2 aromatic rings. The number of hydrogen-bond donors (Lipinski definition) is 3. The third-order valence-corrected chi connectivity index (χ3v) is 2.22. The molecule has 4 N–H and O–H groups in total. The van der Waals surface area contributed by atoms with E-state index in [1.54, 1.807) is 29.2 Å². The molecule has 2 rings (SSSR count). The number of aromatic nitrogens is 3. The fourth-order valence-corrected chi connectivity index (χ4v) is 1.49. The minimum Gasteiger partial charge on any atom is -0.397 e. The van der Waals surface area contributed by atoms with Gasteiger partial charge < -0.3 is 15.3 Å². The second-order valence-electron chi connectivity index (χ2n) is 3.34. The summed E-state index contributed by atoms with van der Waals surface area (Å²) >= 11 is 0. The van der Waals surface area contributed by atoms with Crippen molar-refractivity contribution < 1.29 is 4.79 Å². The van der Waals surface area contributed by atoms with E-state index in [0.29, 0.717) is 23.9 Å². The minimum atomic E-state index is -0.228. The van der Waals surface area contributed by atoms with Gasteiger partial charge >= 0.3 is 0 Å². The Bertz CT molecular complexity index is 485. The molecule has 0 saturated carbocycles. The third-order valence-electron chi connectivity index (χ3n) is 2.22. The van der Waals surface area contributed by atoms with E-state index in [1.165, 1.54) is 0 Å². The Hall–Kier alpha value is -2.24. The van der Waals surface area contributed by atoms with Gasteiger partial charge in [0.25, 0.3) is 5.91 Å². The van der Waals surface area contributed by atoms with Gasteiger partial charge in [0.1, 0.15) is 5.69 Å². The molecule has 0 aromatic carbocycles. The molecule has 2 aromatic heterocycles. The van der Waals surface area contributed by atoms with Crippen LogP contribution in [0.4, 0.5) is 11.6 Å². The van der Waals surface area contributed by atoms with Crippen molar-refractivity contribution in [1.82, 2.24) is 14.5 Å². The average molecular weight is 219 g/mol. The van der Waals surface area contributed by atoms with Crippen LogP contribution in [0, 0.1) is 0 Å². The quantitative estimate of drug-likeness (QED) is 0.721. The molecule has 1 amide bonds. The normalized spacial score (nSPS) is 10.3. The molecule has 0 aliphatic heterocycles. The summed E-state index contributed by atoms with van der Waals surface area (Å²) in [6, 6.07) is 1.64. The lowest BCUT2D eigenvalue weighted by atomic mass is 10.4. The largest absolute Gasteiger partial charge is 0.397 e. The van der Waals surface area contributed by atoms with Gasteiger partial charge in [0, 0.05) is 25.1 Å². The number of carbonyl (C=O) groups is 1. The Morgan fingerprint density at radius 3 is 3.12 bits per heavy atom. The van der Waals surface area contributed by atoms with Crippen LogP contribution in [-0.4, -0.2) is 20.4 Å². The molecule has 0 fully saturated rings. The highest BCUT2D eigenvalue weighted by Crippen LogP contribution is 2.11. The number of nitrogens with one attached hydrogen (secondary N) is 2. The smallest absolute Gasteiger partial charge is 0.274 e. The van der Waals surface area contributed by atoms with E-state index in [0.717, 1.165) is 0 Å². The highest BCUT2D eigenvalue weighted by Gasteiger charge is 2.12. The molecule has 2 heterocycles. The maximum Gasteiger partial charge on any atom is 0.274 e. The van der Waals surface area contributed by atoms with Gasteiger partial charge in [0.2, 0.25) is 5.95 Å². The fourth-order valence-electron chi connectivity index (χ4n) is 1.49. The van der Waals surface area contributed by atoms with Crippen molar-refractivity contribution in [3.8, 4) is 0 Å². The monoisotopic (exact) mass is 219 g/mol. The molecule has 0 aliphatic rings. The SMILES string of the molecule is CCn1cc(N)cc1C(=O)Nc1ncc[nH]1. The number of anilines is 2. The number of imidazole rings is 1. The van der Waals surface area contributed by atoms with Gasteiger partial charge in [-0.2, -0.15) is 0 Å². The van der Waals surface area contributed by atoms with E-state index in [-0.39, 0.29) is 5.91 Å². The lowest BCUT2D eigenvalue weighted by Gasteiger charge is -2.05. The number of carbonyl (C=O) groups excluding carboxylic acids is 1. The van der Waals surface area contributed by atoms with Crippen molar-refractivity contribution in [2.24, 2.45) is 0 Å². The van der Waals surface area contributed by atoms with Gasteiger partial charge in [0.05, 0.1) is 5.69 Å². The molecule has 6 heteroatoms. The number of hydrogen-bond acceptors (Lipinski definition) is 3. The van der Waals surface area contributed by atoms with Crippen LogP contribution in [0.15, 0.2) is 24.7 Å². The fraction of sp³-hybridized carbons (Fsp3) is 0.200. The van der Waals surface area contributed by atoms with E-state index in [1.807, 2.05) is 6.92 Å².